The van der Waals surface area contributed by atoms with Gasteiger partial charge in [0, 0.05) is 13.5 Å². The summed E-state index contributed by atoms with van der Waals surface area (Å²) < 4.78 is 16.6. The molecule has 3 rings (SSSR count). The Morgan fingerprint density at radius 3 is 2.50 bits per heavy atom. The van der Waals surface area contributed by atoms with Crippen molar-refractivity contribution < 1.29 is 28.6 Å². The highest BCUT2D eigenvalue weighted by molar-refractivity contribution is 5.93. The smallest absolute Gasteiger partial charge is 0.407 e. The molecule has 2 aromatic carbocycles. The van der Waals surface area contributed by atoms with Crippen LogP contribution in [0.15, 0.2) is 55.6 Å². The van der Waals surface area contributed by atoms with Gasteiger partial charge < -0.3 is 24.4 Å². The third kappa shape index (κ3) is 6.73. The summed E-state index contributed by atoms with van der Waals surface area (Å²) in [6, 6.07) is 10.1. The van der Waals surface area contributed by atoms with Gasteiger partial charge in [-0.1, -0.05) is 63.8 Å². The number of unbranched alkanes of at least 4 members (excludes halogenated alkanes) is 2. The van der Waals surface area contributed by atoms with Gasteiger partial charge in [-0.05, 0) is 58.7 Å². The molecule has 1 heterocycles. The Morgan fingerprint density at radius 2 is 1.88 bits per heavy atom. The Hall–Kier alpha value is -3.65. The Balaban J connectivity index is 1.95. The van der Waals surface area contributed by atoms with Crippen molar-refractivity contribution in [3.8, 4) is 0 Å². The Labute approximate surface area is 237 Å². The van der Waals surface area contributed by atoms with Gasteiger partial charge in [-0.2, -0.15) is 0 Å². The SMILES string of the molecule is C=CCCCCOC(=O)N[C@H](C(=O)N1CC(OC)(c2cc(C=C)c3ccccc3c2)C[C@H]1C(=O)OC)C(C)(C)C. The predicted octanol–water partition coefficient (Wildman–Crippen LogP) is 5.60. The van der Waals surface area contributed by atoms with Gasteiger partial charge in [-0.25, -0.2) is 9.59 Å². The summed E-state index contributed by atoms with van der Waals surface area (Å²) in [7, 11) is 2.88. The average molecular weight is 551 g/mol. The lowest BCUT2D eigenvalue weighted by molar-refractivity contribution is -0.152. The van der Waals surface area contributed by atoms with E-state index in [2.05, 4.69) is 18.5 Å². The maximum atomic E-state index is 14.1. The molecule has 0 saturated carbocycles. The summed E-state index contributed by atoms with van der Waals surface area (Å²) in [5.41, 5.74) is 0.0994. The minimum Gasteiger partial charge on any atom is -0.467 e. The summed E-state index contributed by atoms with van der Waals surface area (Å²) in [6.45, 7) is 13.6. The maximum absolute atomic E-state index is 14.1. The second-order valence-electron chi connectivity index (χ2n) is 11.3. The van der Waals surface area contributed by atoms with E-state index in [-0.39, 0.29) is 19.6 Å². The summed E-state index contributed by atoms with van der Waals surface area (Å²) in [5, 5.41) is 4.79. The Bertz CT molecular complexity index is 1250. The Morgan fingerprint density at radius 1 is 1.15 bits per heavy atom. The first kappa shape index (κ1) is 30.9. The van der Waals surface area contributed by atoms with E-state index < -0.39 is 41.1 Å². The number of ether oxygens (including phenoxy) is 3. The lowest BCUT2D eigenvalue weighted by Gasteiger charge is -2.35. The zero-order chi connectivity index (χ0) is 29.5. The number of nitrogens with zero attached hydrogens (tertiary/aromatic N) is 1. The molecule has 0 radical (unpaired) electrons. The molecule has 8 nitrogen and oxygen atoms in total. The van der Waals surface area contributed by atoms with E-state index in [1.807, 2.05) is 63.2 Å². The highest BCUT2D eigenvalue weighted by Crippen LogP contribution is 2.42. The molecule has 0 spiro atoms. The van der Waals surface area contributed by atoms with Gasteiger partial charge >= 0.3 is 12.1 Å². The average Bonchev–Trinajstić information content (AvgIpc) is 3.35. The van der Waals surface area contributed by atoms with E-state index in [1.54, 1.807) is 13.2 Å². The van der Waals surface area contributed by atoms with Crippen LogP contribution in [0.4, 0.5) is 4.79 Å². The number of hydrogen-bond donors (Lipinski definition) is 1. The minimum absolute atomic E-state index is 0.0991. The number of likely N-dealkylation sites (tertiary alicyclic amines) is 1. The van der Waals surface area contributed by atoms with Crippen molar-refractivity contribution in [3.63, 3.8) is 0 Å². The van der Waals surface area contributed by atoms with Gasteiger partial charge in [0.05, 0.1) is 20.3 Å². The van der Waals surface area contributed by atoms with Gasteiger partial charge in [0.1, 0.15) is 17.7 Å². The van der Waals surface area contributed by atoms with Gasteiger partial charge in [-0.3, -0.25) is 4.79 Å². The van der Waals surface area contributed by atoms with Gasteiger partial charge in [-0.15, -0.1) is 6.58 Å². The molecule has 216 valence electrons. The lowest BCUT2D eigenvalue weighted by atomic mass is 9.85. The zero-order valence-corrected chi connectivity index (χ0v) is 24.3. The van der Waals surface area contributed by atoms with Gasteiger partial charge in [0.25, 0.3) is 0 Å². The van der Waals surface area contributed by atoms with Crippen LogP contribution in [-0.2, 0) is 29.4 Å². The van der Waals surface area contributed by atoms with Gasteiger partial charge in [0.2, 0.25) is 5.91 Å². The quantitative estimate of drug-likeness (QED) is 0.223. The van der Waals surface area contributed by atoms with Crippen molar-refractivity contribution in [2.24, 2.45) is 5.41 Å². The third-order valence-corrected chi connectivity index (χ3v) is 7.52. The molecule has 0 aromatic heterocycles. The van der Waals surface area contributed by atoms with Crippen molar-refractivity contribution >= 4 is 34.8 Å². The summed E-state index contributed by atoms with van der Waals surface area (Å²) in [5.74, 6) is -0.954. The second kappa shape index (κ2) is 13.1. The largest absolute Gasteiger partial charge is 0.467 e. The molecular weight excluding hydrogens is 508 g/mol. The van der Waals surface area contributed by atoms with E-state index in [0.29, 0.717) is 6.42 Å². The molecule has 1 aliphatic rings. The van der Waals surface area contributed by atoms with E-state index in [1.165, 1.54) is 12.0 Å². The number of carbonyl (C=O) groups is 3. The van der Waals surface area contributed by atoms with Gasteiger partial charge in [0.15, 0.2) is 0 Å². The highest BCUT2D eigenvalue weighted by atomic mass is 16.5. The molecule has 2 aromatic rings. The first-order valence-electron chi connectivity index (χ1n) is 13.6. The molecule has 1 unspecified atom stereocenters. The molecule has 1 aliphatic heterocycles. The molecule has 3 atom stereocenters. The standard InChI is InChI=1S/C32H42N2O6/c1-8-10-11-14-17-40-30(37)33-27(31(3,4)5)28(35)34-21-32(39-7,20-26(34)29(36)38-6)24-18-22(9-2)25-16-13-12-15-23(25)19-24/h8-9,12-13,15-16,18-19,26-27H,1-2,10-11,14,17,20-21H2,3-7H3,(H,33,37)/t26-,27+,32?/m0/s1. The Kier molecular flexibility index (Phi) is 10.1. The van der Waals surface area contributed by atoms with Crippen LogP contribution >= 0.6 is 0 Å². The number of esters is 1. The fourth-order valence-electron chi connectivity index (χ4n) is 5.23. The van der Waals surface area contributed by atoms with E-state index in [0.717, 1.165) is 34.7 Å². The minimum atomic E-state index is -0.982. The number of carbonyl (C=O) groups excluding carboxylic acids is 3. The number of methoxy groups -OCH3 is 2. The van der Waals surface area contributed by atoms with E-state index in [9.17, 15) is 14.4 Å². The van der Waals surface area contributed by atoms with Crippen LogP contribution < -0.4 is 5.32 Å². The van der Waals surface area contributed by atoms with Crippen LogP contribution in [0.1, 0.15) is 57.6 Å². The van der Waals surface area contributed by atoms with Crippen LogP contribution in [-0.4, -0.2) is 62.3 Å². The van der Waals surface area contributed by atoms with Crippen LogP contribution in [0.3, 0.4) is 0 Å². The second-order valence-corrected chi connectivity index (χ2v) is 11.3. The fourth-order valence-corrected chi connectivity index (χ4v) is 5.23. The van der Waals surface area contributed by atoms with Crippen molar-refractivity contribution in [1.82, 2.24) is 10.2 Å². The number of rotatable bonds is 11. The summed E-state index contributed by atoms with van der Waals surface area (Å²) >= 11 is 0. The fraction of sp³-hybridized carbons (Fsp3) is 0.469. The number of allylic oxidation sites excluding steroid dienone is 1. The van der Waals surface area contributed by atoms with E-state index in [4.69, 9.17) is 14.2 Å². The number of benzene rings is 2. The molecule has 1 fully saturated rings. The number of amides is 2. The molecule has 2 amide bonds. The van der Waals surface area contributed by atoms with Crippen molar-refractivity contribution in [1.29, 1.82) is 0 Å². The molecule has 1 saturated heterocycles. The zero-order valence-electron chi connectivity index (χ0n) is 24.3. The number of alkyl carbamates (subject to hydrolysis) is 1. The highest BCUT2D eigenvalue weighted by Gasteiger charge is 2.53. The van der Waals surface area contributed by atoms with Crippen molar-refractivity contribution in [3.05, 3.63) is 66.8 Å². The van der Waals surface area contributed by atoms with Crippen LogP contribution in [0.25, 0.3) is 16.8 Å². The van der Waals surface area contributed by atoms with Crippen molar-refractivity contribution in [2.45, 2.75) is 64.1 Å². The number of nitrogens with one attached hydrogen (secondary N) is 1. The topological polar surface area (TPSA) is 94.2 Å². The number of hydrogen-bond acceptors (Lipinski definition) is 6. The normalized spacial score (nSPS) is 19.6. The van der Waals surface area contributed by atoms with E-state index >= 15 is 0 Å². The van der Waals surface area contributed by atoms with Crippen LogP contribution in [0.5, 0.6) is 0 Å². The van der Waals surface area contributed by atoms with Crippen LogP contribution in [0.2, 0.25) is 0 Å². The summed E-state index contributed by atoms with van der Waals surface area (Å²) in [4.78, 5) is 41.3. The molecule has 40 heavy (non-hydrogen) atoms. The molecule has 1 N–H and O–H groups in total. The lowest BCUT2D eigenvalue weighted by Crippen LogP contribution is -2.57. The maximum Gasteiger partial charge on any atom is 0.407 e. The monoisotopic (exact) mass is 550 g/mol. The molecular formula is C32H42N2O6. The molecule has 8 heteroatoms. The van der Waals surface area contributed by atoms with Crippen LogP contribution in [0, 0.1) is 5.41 Å². The first-order valence-corrected chi connectivity index (χ1v) is 13.6. The molecule has 0 bridgehead atoms. The predicted molar refractivity (Wildman–Crippen MR) is 157 cm³/mol. The third-order valence-electron chi connectivity index (χ3n) is 7.52. The number of fused-ring (bicyclic) bond motifs is 1. The summed E-state index contributed by atoms with van der Waals surface area (Å²) in [6.07, 6.45) is 5.51. The van der Waals surface area contributed by atoms with Crippen molar-refractivity contribution in [2.75, 3.05) is 27.4 Å². The first-order chi connectivity index (χ1) is 19.0. The molecule has 0 aliphatic carbocycles.